The molecule has 5 nitrogen and oxygen atoms in total. The standard InChI is InChI=1S/C11H13NO4S/c12-7(5-10(13)14)6-17-9-4-2-1-3-8(9)11(15)16/h1-4,7H,5-6,12H2,(H,13,14)(H,15,16). The van der Waals surface area contributed by atoms with E-state index in [-0.39, 0.29) is 12.0 Å². The lowest BCUT2D eigenvalue weighted by atomic mass is 10.2. The van der Waals surface area contributed by atoms with Crippen molar-refractivity contribution >= 4 is 23.7 Å². The van der Waals surface area contributed by atoms with Gasteiger partial charge in [0.25, 0.3) is 0 Å². The van der Waals surface area contributed by atoms with E-state index in [2.05, 4.69) is 0 Å². The number of carboxylic acids is 2. The van der Waals surface area contributed by atoms with Crippen LogP contribution in [-0.2, 0) is 4.79 Å². The Labute approximate surface area is 103 Å². The maximum absolute atomic E-state index is 10.9. The third kappa shape index (κ3) is 4.46. The summed E-state index contributed by atoms with van der Waals surface area (Å²) in [7, 11) is 0. The lowest BCUT2D eigenvalue weighted by Crippen LogP contribution is -2.26. The van der Waals surface area contributed by atoms with Gasteiger partial charge < -0.3 is 15.9 Å². The van der Waals surface area contributed by atoms with Crippen molar-refractivity contribution in [2.45, 2.75) is 17.4 Å². The van der Waals surface area contributed by atoms with Gasteiger partial charge >= 0.3 is 11.9 Å². The molecule has 0 heterocycles. The van der Waals surface area contributed by atoms with Gasteiger partial charge in [0.1, 0.15) is 0 Å². The number of hydrogen-bond donors (Lipinski definition) is 3. The molecule has 0 aliphatic heterocycles. The first-order chi connectivity index (χ1) is 8.00. The minimum absolute atomic E-state index is 0.123. The molecule has 1 aromatic carbocycles. The molecule has 0 aliphatic carbocycles. The van der Waals surface area contributed by atoms with E-state index in [0.717, 1.165) is 0 Å². The second-order valence-electron chi connectivity index (χ2n) is 3.47. The summed E-state index contributed by atoms with van der Waals surface area (Å²) in [5.41, 5.74) is 5.81. The fourth-order valence-corrected chi connectivity index (χ4v) is 2.25. The van der Waals surface area contributed by atoms with Crippen molar-refractivity contribution < 1.29 is 19.8 Å². The van der Waals surface area contributed by atoms with Crippen LogP contribution in [0.4, 0.5) is 0 Å². The zero-order valence-electron chi connectivity index (χ0n) is 9.00. The lowest BCUT2D eigenvalue weighted by Gasteiger charge is -2.09. The fraction of sp³-hybridized carbons (Fsp3) is 0.273. The Bertz CT molecular complexity index is 422. The quantitative estimate of drug-likeness (QED) is 0.662. The molecule has 0 aromatic heterocycles. The molecular weight excluding hydrogens is 242 g/mol. The van der Waals surface area contributed by atoms with E-state index >= 15 is 0 Å². The number of nitrogens with two attached hydrogens (primary N) is 1. The van der Waals surface area contributed by atoms with Crippen LogP contribution in [0.15, 0.2) is 29.2 Å². The van der Waals surface area contributed by atoms with Crippen molar-refractivity contribution in [3.8, 4) is 0 Å². The number of carbonyl (C=O) groups is 2. The van der Waals surface area contributed by atoms with E-state index in [9.17, 15) is 9.59 Å². The summed E-state index contributed by atoms with van der Waals surface area (Å²) >= 11 is 1.26. The van der Waals surface area contributed by atoms with Crippen LogP contribution in [0.1, 0.15) is 16.8 Å². The Morgan fingerprint density at radius 2 is 1.94 bits per heavy atom. The third-order valence-corrected chi connectivity index (χ3v) is 3.27. The maximum Gasteiger partial charge on any atom is 0.336 e. The van der Waals surface area contributed by atoms with Crippen molar-refractivity contribution in [3.05, 3.63) is 29.8 Å². The SMILES string of the molecule is NC(CSc1ccccc1C(=O)O)CC(=O)O. The first-order valence-electron chi connectivity index (χ1n) is 4.93. The Hall–Kier alpha value is -1.53. The summed E-state index contributed by atoms with van der Waals surface area (Å²) in [6, 6.07) is 6.08. The predicted octanol–water partition coefficient (Wildman–Crippen LogP) is 1.28. The smallest absolute Gasteiger partial charge is 0.336 e. The Kier molecular flexibility index (Phi) is 4.99. The van der Waals surface area contributed by atoms with Crippen molar-refractivity contribution in [2.75, 3.05) is 5.75 Å². The molecule has 0 saturated carbocycles. The van der Waals surface area contributed by atoms with E-state index in [1.54, 1.807) is 18.2 Å². The summed E-state index contributed by atoms with van der Waals surface area (Å²) in [4.78, 5) is 21.9. The second kappa shape index (κ2) is 6.27. The molecule has 0 aliphatic rings. The number of benzene rings is 1. The van der Waals surface area contributed by atoms with Crippen LogP contribution in [0.25, 0.3) is 0 Å². The van der Waals surface area contributed by atoms with E-state index in [4.69, 9.17) is 15.9 Å². The molecule has 0 saturated heterocycles. The Morgan fingerprint density at radius 3 is 2.53 bits per heavy atom. The van der Waals surface area contributed by atoms with Crippen LogP contribution in [-0.4, -0.2) is 33.9 Å². The minimum Gasteiger partial charge on any atom is -0.481 e. The van der Waals surface area contributed by atoms with Crippen LogP contribution >= 0.6 is 11.8 Å². The van der Waals surface area contributed by atoms with Crippen molar-refractivity contribution in [3.63, 3.8) is 0 Å². The molecule has 0 radical (unpaired) electrons. The minimum atomic E-state index is -1.00. The van der Waals surface area contributed by atoms with Gasteiger partial charge in [-0.25, -0.2) is 4.79 Å². The molecule has 1 rings (SSSR count). The van der Waals surface area contributed by atoms with Gasteiger partial charge in [-0.05, 0) is 12.1 Å². The van der Waals surface area contributed by atoms with Crippen molar-refractivity contribution in [2.24, 2.45) is 5.73 Å². The number of aliphatic carboxylic acids is 1. The van der Waals surface area contributed by atoms with Gasteiger partial charge in [-0.1, -0.05) is 12.1 Å². The first kappa shape index (κ1) is 13.5. The Morgan fingerprint density at radius 1 is 1.29 bits per heavy atom. The van der Waals surface area contributed by atoms with E-state index < -0.39 is 18.0 Å². The van der Waals surface area contributed by atoms with Crippen molar-refractivity contribution in [1.82, 2.24) is 0 Å². The van der Waals surface area contributed by atoms with E-state index in [1.807, 2.05) is 0 Å². The second-order valence-corrected chi connectivity index (χ2v) is 4.53. The average molecular weight is 255 g/mol. The molecular formula is C11H13NO4S. The zero-order chi connectivity index (χ0) is 12.8. The molecule has 92 valence electrons. The largest absolute Gasteiger partial charge is 0.481 e. The summed E-state index contributed by atoms with van der Waals surface area (Å²) in [6.07, 6.45) is -0.123. The predicted molar refractivity (Wildman–Crippen MR) is 64.4 cm³/mol. The number of rotatable bonds is 6. The Balaban J connectivity index is 2.63. The van der Waals surface area contributed by atoms with E-state index in [0.29, 0.717) is 10.6 Å². The van der Waals surface area contributed by atoms with Gasteiger partial charge in [-0.3, -0.25) is 4.79 Å². The molecule has 0 bridgehead atoms. The molecule has 1 unspecified atom stereocenters. The van der Waals surface area contributed by atoms with E-state index in [1.165, 1.54) is 17.8 Å². The summed E-state index contributed by atoms with van der Waals surface area (Å²) in [6.45, 7) is 0. The number of hydrogen-bond acceptors (Lipinski definition) is 4. The highest BCUT2D eigenvalue weighted by molar-refractivity contribution is 7.99. The maximum atomic E-state index is 10.9. The van der Waals surface area contributed by atoms with Gasteiger partial charge in [0, 0.05) is 16.7 Å². The zero-order valence-corrected chi connectivity index (χ0v) is 9.81. The molecule has 0 spiro atoms. The van der Waals surface area contributed by atoms with Gasteiger partial charge in [0.15, 0.2) is 0 Å². The molecule has 0 fully saturated rings. The normalized spacial score (nSPS) is 12.1. The summed E-state index contributed by atoms with van der Waals surface area (Å²) in [5.74, 6) is -1.58. The van der Waals surface area contributed by atoms with Crippen molar-refractivity contribution in [1.29, 1.82) is 0 Å². The first-order valence-corrected chi connectivity index (χ1v) is 5.91. The van der Waals surface area contributed by atoms with Crippen LogP contribution in [0.2, 0.25) is 0 Å². The molecule has 1 aromatic rings. The lowest BCUT2D eigenvalue weighted by molar-refractivity contribution is -0.137. The monoisotopic (exact) mass is 255 g/mol. The van der Waals surface area contributed by atoms with Gasteiger partial charge in [0.2, 0.25) is 0 Å². The summed E-state index contributed by atoms with van der Waals surface area (Å²) < 4.78 is 0. The molecule has 6 heteroatoms. The highest BCUT2D eigenvalue weighted by Gasteiger charge is 2.12. The van der Waals surface area contributed by atoms with Gasteiger partial charge in [-0.2, -0.15) is 0 Å². The highest BCUT2D eigenvalue weighted by atomic mass is 32.2. The number of thioether (sulfide) groups is 1. The number of aromatic carboxylic acids is 1. The number of carboxylic acid groups (broad SMARTS) is 2. The van der Waals surface area contributed by atoms with Crippen LogP contribution in [0.3, 0.4) is 0 Å². The third-order valence-electron chi connectivity index (χ3n) is 2.01. The highest BCUT2D eigenvalue weighted by Crippen LogP contribution is 2.23. The van der Waals surface area contributed by atoms with Gasteiger partial charge in [0.05, 0.1) is 12.0 Å². The summed E-state index contributed by atoms with van der Waals surface area (Å²) in [5, 5.41) is 17.5. The molecule has 4 N–H and O–H groups in total. The van der Waals surface area contributed by atoms with Crippen LogP contribution < -0.4 is 5.73 Å². The average Bonchev–Trinajstić information content (AvgIpc) is 2.25. The topological polar surface area (TPSA) is 101 Å². The van der Waals surface area contributed by atoms with Gasteiger partial charge in [-0.15, -0.1) is 11.8 Å². The van der Waals surface area contributed by atoms with Crippen LogP contribution in [0, 0.1) is 0 Å². The molecule has 1 atom stereocenters. The molecule has 0 amide bonds. The fourth-order valence-electron chi connectivity index (χ4n) is 1.25. The molecule has 17 heavy (non-hydrogen) atoms. The van der Waals surface area contributed by atoms with Crippen LogP contribution in [0.5, 0.6) is 0 Å².